The monoisotopic (exact) mass is 376 g/mol. The summed E-state index contributed by atoms with van der Waals surface area (Å²) in [5.74, 6) is -1.68. The van der Waals surface area contributed by atoms with Crippen molar-refractivity contribution in [1.82, 2.24) is 10.2 Å². The first-order chi connectivity index (χ1) is 12.9. The van der Waals surface area contributed by atoms with Gasteiger partial charge in [0.15, 0.2) is 0 Å². The summed E-state index contributed by atoms with van der Waals surface area (Å²) in [6.07, 6.45) is 2.29. The van der Waals surface area contributed by atoms with Crippen molar-refractivity contribution in [3.05, 3.63) is 35.9 Å². The van der Waals surface area contributed by atoms with Crippen molar-refractivity contribution in [1.29, 1.82) is 0 Å². The molecule has 148 valence electrons. The molecular weight excluding hydrogens is 348 g/mol. The van der Waals surface area contributed by atoms with Crippen LogP contribution in [0.15, 0.2) is 30.3 Å². The van der Waals surface area contributed by atoms with Crippen LogP contribution in [-0.4, -0.2) is 59.1 Å². The van der Waals surface area contributed by atoms with Crippen molar-refractivity contribution in [3.8, 4) is 0 Å². The van der Waals surface area contributed by atoms with Crippen molar-refractivity contribution in [2.75, 3.05) is 13.2 Å². The fraction of sp³-hybridized carbons (Fsp3) is 0.550. The molecule has 0 saturated carbocycles. The van der Waals surface area contributed by atoms with Gasteiger partial charge in [-0.25, -0.2) is 4.79 Å². The number of hydrogen-bond acceptors (Lipinski definition) is 5. The van der Waals surface area contributed by atoms with Gasteiger partial charge in [-0.15, -0.1) is 0 Å². The van der Waals surface area contributed by atoms with Gasteiger partial charge >= 0.3 is 11.9 Å². The van der Waals surface area contributed by atoms with Crippen LogP contribution in [0, 0.1) is 0 Å². The van der Waals surface area contributed by atoms with E-state index in [0.29, 0.717) is 32.2 Å². The molecule has 27 heavy (non-hydrogen) atoms. The van der Waals surface area contributed by atoms with Crippen molar-refractivity contribution in [2.45, 2.75) is 57.7 Å². The molecule has 2 rings (SSSR count). The zero-order chi connectivity index (χ0) is 19.8. The molecule has 0 radical (unpaired) electrons. The van der Waals surface area contributed by atoms with Crippen molar-refractivity contribution >= 4 is 17.8 Å². The second-order valence-electron chi connectivity index (χ2n) is 6.75. The summed E-state index contributed by atoms with van der Waals surface area (Å²) in [7, 11) is 0. The second-order valence-corrected chi connectivity index (χ2v) is 6.75. The Hall–Kier alpha value is -2.41. The molecule has 1 heterocycles. The zero-order valence-electron chi connectivity index (χ0n) is 15.9. The predicted octanol–water partition coefficient (Wildman–Crippen LogP) is 1.60. The van der Waals surface area contributed by atoms with Crippen LogP contribution < -0.4 is 5.32 Å². The third-order valence-electron chi connectivity index (χ3n) is 4.78. The number of carboxylic acid groups (broad SMARTS) is 1. The number of nitrogens with zero attached hydrogens (tertiary/aromatic N) is 1. The van der Waals surface area contributed by atoms with Gasteiger partial charge in [-0.2, -0.15) is 0 Å². The lowest BCUT2D eigenvalue weighted by atomic mass is 10.0. The van der Waals surface area contributed by atoms with Crippen LogP contribution in [0.3, 0.4) is 0 Å². The smallest absolute Gasteiger partial charge is 0.326 e. The molecule has 1 unspecified atom stereocenters. The normalized spacial score (nSPS) is 18.7. The summed E-state index contributed by atoms with van der Waals surface area (Å²) in [5.41, 5.74) is 1.10. The van der Waals surface area contributed by atoms with Gasteiger partial charge in [0.2, 0.25) is 5.91 Å². The molecule has 7 heteroatoms. The van der Waals surface area contributed by atoms with E-state index in [-0.39, 0.29) is 12.5 Å². The van der Waals surface area contributed by atoms with Gasteiger partial charge in [-0.05, 0) is 45.1 Å². The number of rotatable bonds is 9. The highest BCUT2D eigenvalue weighted by atomic mass is 16.5. The van der Waals surface area contributed by atoms with E-state index in [0.717, 1.165) is 5.56 Å². The molecule has 0 aromatic heterocycles. The molecule has 1 amide bonds. The average Bonchev–Trinajstić information content (AvgIpc) is 3.15. The Bertz CT molecular complexity index is 649. The Morgan fingerprint density at radius 3 is 2.63 bits per heavy atom. The average molecular weight is 376 g/mol. The largest absolute Gasteiger partial charge is 0.480 e. The lowest BCUT2D eigenvalue weighted by molar-refractivity contribution is -0.150. The molecule has 0 aliphatic carbocycles. The van der Waals surface area contributed by atoms with E-state index in [1.165, 1.54) is 4.90 Å². The summed E-state index contributed by atoms with van der Waals surface area (Å²) in [4.78, 5) is 37.7. The fourth-order valence-corrected chi connectivity index (χ4v) is 3.38. The maximum absolute atomic E-state index is 12.7. The summed E-state index contributed by atoms with van der Waals surface area (Å²) < 4.78 is 5.14. The molecule has 1 saturated heterocycles. The highest BCUT2D eigenvalue weighted by molar-refractivity contribution is 5.88. The molecule has 0 spiro atoms. The number of nitrogens with one attached hydrogen (secondary N) is 1. The molecule has 1 aromatic rings. The first kappa shape index (κ1) is 20.9. The SMILES string of the molecule is CCOC(=O)[C@H](CCc1ccccc1)N[C@@H](C)C(=O)N1CCCC1C(=O)O. The number of aliphatic carboxylic acids is 1. The van der Waals surface area contributed by atoms with E-state index in [1.54, 1.807) is 13.8 Å². The Kier molecular flexibility index (Phi) is 7.79. The highest BCUT2D eigenvalue weighted by Crippen LogP contribution is 2.19. The maximum atomic E-state index is 12.7. The minimum absolute atomic E-state index is 0.262. The van der Waals surface area contributed by atoms with Crippen molar-refractivity contribution < 1.29 is 24.2 Å². The number of benzene rings is 1. The number of carbonyl (C=O) groups is 3. The lowest BCUT2D eigenvalue weighted by Gasteiger charge is -2.27. The van der Waals surface area contributed by atoms with E-state index in [1.807, 2.05) is 30.3 Å². The first-order valence-corrected chi connectivity index (χ1v) is 9.44. The quantitative estimate of drug-likeness (QED) is 0.636. The minimum atomic E-state index is -0.987. The van der Waals surface area contributed by atoms with Gasteiger partial charge in [-0.1, -0.05) is 30.3 Å². The zero-order valence-corrected chi connectivity index (χ0v) is 15.9. The third kappa shape index (κ3) is 5.79. The number of carbonyl (C=O) groups excluding carboxylic acids is 2. The molecule has 1 aliphatic heterocycles. The van der Waals surface area contributed by atoms with E-state index >= 15 is 0 Å². The lowest BCUT2D eigenvalue weighted by Crippen LogP contribution is -2.53. The maximum Gasteiger partial charge on any atom is 0.326 e. The van der Waals surface area contributed by atoms with Gasteiger partial charge in [0, 0.05) is 6.54 Å². The molecule has 1 aromatic carbocycles. The molecule has 1 aliphatic rings. The Morgan fingerprint density at radius 1 is 1.30 bits per heavy atom. The number of amides is 1. The van der Waals surface area contributed by atoms with Gasteiger partial charge in [-0.3, -0.25) is 14.9 Å². The van der Waals surface area contributed by atoms with Crippen LogP contribution in [0.1, 0.15) is 38.7 Å². The van der Waals surface area contributed by atoms with Crippen LogP contribution in [0.2, 0.25) is 0 Å². The van der Waals surface area contributed by atoms with Gasteiger partial charge in [0.05, 0.1) is 12.6 Å². The number of ether oxygens (including phenoxy) is 1. The second kappa shape index (κ2) is 10.1. The van der Waals surface area contributed by atoms with Crippen molar-refractivity contribution in [3.63, 3.8) is 0 Å². The highest BCUT2D eigenvalue weighted by Gasteiger charge is 2.36. The Morgan fingerprint density at radius 2 is 2.00 bits per heavy atom. The first-order valence-electron chi connectivity index (χ1n) is 9.44. The van der Waals surface area contributed by atoms with Crippen LogP contribution in [0.25, 0.3) is 0 Å². The summed E-state index contributed by atoms with van der Waals surface area (Å²) in [5, 5.41) is 12.3. The van der Waals surface area contributed by atoms with Gasteiger partial charge in [0.1, 0.15) is 12.1 Å². The predicted molar refractivity (Wildman–Crippen MR) is 100 cm³/mol. The van der Waals surface area contributed by atoms with Crippen LogP contribution >= 0.6 is 0 Å². The van der Waals surface area contributed by atoms with Gasteiger partial charge in [0.25, 0.3) is 0 Å². The standard InChI is InChI=1S/C20H28N2O5/c1-3-27-20(26)16(12-11-15-8-5-4-6-9-15)21-14(2)18(23)22-13-7-10-17(22)19(24)25/h4-6,8-9,14,16-17,21H,3,7,10-13H2,1-2H3,(H,24,25)/t14-,16-,17?/m0/s1. The number of carboxylic acids is 1. The number of hydrogen-bond donors (Lipinski definition) is 2. The molecule has 0 bridgehead atoms. The number of aryl methyl sites for hydroxylation is 1. The molecule has 1 fully saturated rings. The van der Waals surface area contributed by atoms with Crippen LogP contribution in [0.4, 0.5) is 0 Å². The van der Waals surface area contributed by atoms with E-state index in [2.05, 4.69) is 5.32 Å². The summed E-state index contributed by atoms with van der Waals surface area (Å²) >= 11 is 0. The van der Waals surface area contributed by atoms with Crippen molar-refractivity contribution in [2.24, 2.45) is 0 Å². The fourth-order valence-electron chi connectivity index (χ4n) is 3.38. The molecule has 2 N–H and O–H groups in total. The summed E-state index contributed by atoms with van der Waals surface area (Å²) in [6.45, 7) is 4.09. The molecule has 7 nitrogen and oxygen atoms in total. The Balaban J connectivity index is 2.01. The van der Waals surface area contributed by atoms with E-state index < -0.39 is 30.1 Å². The van der Waals surface area contributed by atoms with Crippen LogP contribution in [0.5, 0.6) is 0 Å². The summed E-state index contributed by atoms with van der Waals surface area (Å²) in [6, 6.07) is 7.69. The van der Waals surface area contributed by atoms with Crippen LogP contribution in [-0.2, 0) is 25.5 Å². The number of esters is 1. The molecule has 3 atom stereocenters. The Labute approximate surface area is 159 Å². The van der Waals surface area contributed by atoms with E-state index in [4.69, 9.17) is 4.74 Å². The topological polar surface area (TPSA) is 95.9 Å². The number of likely N-dealkylation sites (tertiary alicyclic amines) is 1. The molecular formula is C20H28N2O5. The van der Waals surface area contributed by atoms with E-state index in [9.17, 15) is 19.5 Å². The minimum Gasteiger partial charge on any atom is -0.480 e. The third-order valence-corrected chi connectivity index (χ3v) is 4.78. The van der Waals surface area contributed by atoms with Gasteiger partial charge < -0.3 is 14.7 Å².